The van der Waals surface area contributed by atoms with Crippen LogP contribution in [0.5, 0.6) is 5.75 Å². The van der Waals surface area contributed by atoms with Gasteiger partial charge in [0.2, 0.25) is 0 Å². The zero-order valence-electron chi connectivity index (χ0n) is 16.7. The highest BCUT2D eigenvalue weighted by atomic mass is 19.4. The second-order valence-electron chi connectivity index (χ2n) is 9.17. The van der Waals surface area contributed by atoms with Crippen LogP contribution < -0.4 is 4.74 Å². The number of nitrogens with zero attached hydrogens (tertiary/aromatic N) is 2. The number of fused-ring (bicyclic) bond motifs is 6. The van der Waals surface area contributed by atoms with Gasteiger partial charge in [-0.1, -0.05) is 30.2 Å². The monoisotopic (exact) mass is 406 g/mol. The summed E-state index contributed by atoms with van der Waals surface area (Å²) >= 11 is 0. The van der Waals surface area contributed by atoms with Crippen LogP contribution in [0.25, 0.3) is 0 Å². The highest BCUT2D eigenvalue weighted by Gasteiger charge is 2.45. The number of hydrogen-bond acceptors (Lipinski definition) is 3. The van der Waals surface area contributed by atoms with Crippen molar-refractivity contribution in [3.63, 3.8) is 0 Å². The third-order valence-corrected chi connectivity index (χ3v) is 7.30. The molecule has 1 aromatic rings. The van der Waals surface area contributed by atoms with Gasteiger partial charge in [-0.25, -0.2) is 0 Å². The first-order valence-corrected chi connectivity index (χ1v) is 11.0. The molecule has 0 unspecified atom stereocenters. The van der Waals surface area contributed by atoms with Gasteiger partial charge in [0.15, 0.2) is 0 Å². The van der Waals surface area contributed by atoms with Gasteiger partial charge in [0.1, 0.15) is 5.75 Å². The smallest absolute Gasteiger partial charge is 0.406 e. The lowest BCUT2D eigenvalue weighted by atomic mass is 9.68. The first-order valence-electron chi connectivity index (χ1n) is 11.0. The van der Waals surface area contributed by atoms with E-state index < -0.39 is 6.36 Å². The van der Waals surface area contributed by atoms with Crippen LogP contribution >= 0.6 is 0 Å². The summed E-state index contributed by atoms with van der Waals surface area (Å²) in [6.07, 6.45) is 5.69. The molecule has 0 radical (unpaired) electrons. The van der Waals surface area contributed by atoms with E-state index in [1.54, 1.807) is 17.7 Å². The van der Waals surface area contributed by atoms with Crippen LogP contribution in [0.15, 0.2) is 35.9 Å². The normalized spacial score (nSPS) is 32.9. The van der Waals surface area contributed by atoms with Gasteiger partial charge < -0.3 is 4.74 Å². The predicted octanol–water partition coefficient (Wildman–Crippen LogP) is 4.98. The standard InChI is InChI=1S/C23H29F3N2O/c24-23(25,26)29-20-8-6-16(7-9-20)14-28-11-3-4-17-12-18-13-19(22(17)28)15-27-10-2-1-5-21(18)27/h6-9,12,18-19,21-22H,1-5,10-11,13-15H2/t18-,19+,21+,22+/m0/s1. The summed E-state index contributed by atoms with van der Waals surface area (Å²) in [6.45, 7) is 4.30. The topological polar surface area (TPSA) is 15.7 Å². The third-order valence-electron chi connectivity index (χ3n) is 7.30. The van der Waals surface area contributed by atoms with Crippen molar-refractivity contribution in [2.45, 2.75) is 63.5 Å². The number of hydrogen-bond donors (Lipinski definition) is 0. The van der Waals surface area contributed by atoms with E-state index >= 15 is 0 Å². The Bertz CT molecular complexity index is 760. The number of rotatable bonds is 3. The highest BCUT2D eigenvalue weighted by molar-refractivity contribution is 5.29. The lowest BCUT2D eigenvalue weighted by Gasteiger charge is -2.54. The Morgan fingerprint density at radius 1 is 1.03 bits per heavy atom. The van der Waals surface area contributed by atoms with E-state index in [1.807, 2.05) is 0 Å². The van der Waals surface area contributed by atoms with E-state index in [0.717, 1.165) is 30.6 Å². The molecule has 0 aromatic heterocycles. The predicted molar refractivity (Wildman–Crippen MR) is 105 cm³/mol. The SMILES string of the molecule is FC(F)(F)Oc1ccc(CN2CCCC3=C[C@H]4C[C@H](CN5CCCC[C@H]45)[C@@H]32)cc1. The third kappa shape index (κ3) is 4.06. The fourth-order valence-electron chi connectivity index (χ4n) is 6.29. The second-order valence-corrected chi connectivity index (χ2v) is 9.17. The molecule has 3 saturated heterocycles. The molecule has 29 heavy (non-hydrogen) atoms. The van der Waals surface area contributed by atoms with Gasteiger partial charge >= 0.3 is 6.36 Å². The van der Waals surface area contributed by atoms with Crippen molar-refractivity contribution >= 4 is 0 Å². The van der Waals surface area contributed by atoms with Crippen molar-refractivity contribution in [2.24, 2.45) is 11.8 Å². The van der Waals surface area contributed by atoms with Gasteiger partial charge in [-0.15, -0.1) is 13.2 Å². The lowest BCUT2D eigenvalue weighted by molar-refractivity contribution is -0.274. The van der Waals surface area contributed by atoms with E-state index in [4.69, 9.17) is 0 Å². The number of likely N-dealkylation sites (tertiary alicyclic amines) is 1. The first-order chi connectivity index (χ1) is 14.0. The molecule has 3 fully saturated rings. The zero-order chi connectivity index (χ0) is 20.0. The fourth-order valence-corrected chi connectivity index (χ4v) is 6.29. The van der Waals surface area contributed by atoms with Crippen LogP contribution in [0.1, 0.15) is 44.1 Å². The van der Waals surface area contributed by atoms with Crippen molar-refractivity contribution in [2.75, 3.05) is 19.6 Å². The van der Waals surface area contributed by atoms with Gasteiger partial charge in [0, 0.05) is 25.2 Å². The Morgan fingerprint density at radius 2 is 1.86 bits per heavy atom. The summed E-state index contributed by atoms with van der Waals surface area (Å²) in [4.78, 5) is 5.31. The molecular weight excluding hydrogens is 377 g/mol. The van der Waals surface area contributed by atoms with Gasteiger partial charge in [-0.05, 0) is 74.7 Å². The van der Waals surface area contributed by atoms with Gasteiger partial charge in [0.05, 0.1) is 0 Å². The van der Waals surface area contributed by atoms with Crippen molar-refractivity contribution in [1.29, 1.82) is 0 Å². The summed E-state index contributed by atoms with van der Waals surface area (Å²) in [5, 5.41) is 0. The molecule has 6 heteroatoms. The van der Waals surface area contributed by atoms with Crippen molar-refractivity contribution < 1.29 is 17.9 Å². The molecule has 3 heterocycles. The summed E-state index contributed by atoms with van der Waals surface area (Å²) in [6, 6.07) is 7.65. The molecule has 4 aliphatic rings. The largest absolute Gasteiger partial charge is 0.573 e. The van der Waals surface area contributed by atoms with E-state index in [1.165, 1.54) is 63.7 Å². The summed E-state index contributed by atoms with van der Waals surface area (Å²) in [5.41, 5.74) is 2.68. The molecule has 1 aromatic carbocycles. The zero-order valence-corrected chi connectivity index (χ0v) is 16.7. The van der Waals surface area contributed by atoms with Crippen molar-refractivity contribution in [1.82, 2.24) is 9.80 Å². The lowest BCUT2D eigenvalue weighted by Crippen LogP contribution is -2.58. The highest BCUT2D eigenvalue weighted by Crippen LogP contribution is 2.45. The molecule has 3 nitrogen and oxygen atoms in total. The number of halogens is 3. The maximum absolute atomic E-state index is 12.4. The molecular formula is C23H29F3N2O. The minimum atomic E-state index is -4.64. The van der Waals surface area contributed by atoms with Crippen LogP contribution in [-0.2, 0) is 6.54 Å². The maximum Gasteiger partial charge on any atom is 0.573 e. The molecule has 4 atom stereocenters. The molecule has 3 aliphatic heterocycles. The molecule has 1 aliphatic carbocycles. The van der Waals surface area contributed by atoms with E-state index in [2.05, 4.69) is 20.6 Å². The maximum atomic E-state index is 12.4. The van der Waals surface area contributed by atoms with Crippen LogP contribution in [0.3, 0.4) is 0 Å². The van der Waals surface area contributed by atoms with Gasteiger partial charge in [0.25, 0.3) is 0 Å². The summed E-state index contributed by atoms with van der Waals surface area (Å²) in [5.74, 6) is 1.26. The van der Waals surface area contributed by atoms with Crippen molar-refractivity contribution in [3.05, 3.63) is 41.5 Å². The fraction of sp³-hybridized carbons (Fsp3) is 0.652. The molecule has 0 N–H and O–H groups in total. The minimum Gasteiger partial charge on any atom is -0.406 e. The number of ether oxygens (including phenoxy) is 1. The minimum absolute atomic E-state index is 0.149. The van der Waals surface area contributed by atoms with Crippen molar-refractivity contribution in [3.8, 4) is 5.75 Å². The van der Waals surface area contributed by atoms with E-state index in [-0.39, 0.29) is 5.75 Å². The van der Waals surface area contributed by atoms with E-state index in [0.29, 0.717) is 12.0 Å². The molecule has 5 rings (SSSR count). The van der Waals surface area contributed by atoms with E-state index in [9.17, 15) is 13.2 Å². The Labute approximate surface area is 170 Å². The van der Waals surface area contributed by atoms with Crippen LogP contribution in [-0.4, -0.2) is 47.9 Å². The number of piperidine rings is 3. The van der Waals surface area contributed by atoms with Gasteiger partial charge in [-0.2, -0.15) is 0 Å². The van der Waals surface area contributed by atoms with Gasteiger partial charge in [-0.3, -0.25) is 9.80 Å². The Balaban J connectivity index is 1.32. The van der Waals surface area contributed by atoms with Crippen LogP contribution in [0.2, 0.25) is 0 Å². The average molecular weight is 406 g/mol. The molecule has 2 bridgehead atoms. The average Bonchev–Trinajstić information content (AvgIpc) is 2.68. The number of benzene rings is 1. The quantitative estimate of drug-likeness (QED) is 0.659. The first kappa shape index (κ1) is 19.4. The molecule has 0 saturated carbocycles. The van der Waals surface area contributed by atoms with Crippen LogP contribution in [0.4, 0.5) is 13.2 Å². The number of alkyl halides is 3. The Kier molecular flexibility index (Phi) is 5.11. The molecule has 158 valence electrons. The Hall–Kier alpha value is -1.53. The van der Waals surface area contributed by atoms with Crippen LogP contribution in [0, 0.1) is 11.8 Å². The summed E-state index contributed by atoms with van der Waals surface area (Å²) in [7, 11) is 0. The summed E-state index contributed by atoms with van der Waals surface area (Å²) < 4.78 is 41.2. The molecule has 0 amide bonds. The Morgan fingerprint density at radius 3 is 2.66 bits per heavy atom. The second kappa shape index (κ2) is 7.62. The molecule has 0 spiro atoms.